The highest BCUT2D eigenvalue weighted by molar-refractivity contribution is 5.92. The van der Waals surface area contributed by atoms with Crippen LogP contribution in [0.4, 0.5) is 26.4 Å². The Hall–Kier alpha value is -3.66. The Labute approximate surface area is 216 Å². The molecule has 2 aromatic heterocycles. The molecule has 2 aliphatic heterocycles. The number of benzene rings is 1. The first kappa shape index (κ1) is 25.0. The molecule has 0 saturated carbocycles. The van der Waals surface area contributed by atoms with Crippen LogP contribution in [0.1, 0.15) is 32.9 Å². The average Bonchev–Trinajstić information content (AvgIpc) is 3.30. The molecule has 3 N–H and O–H groups in total. The van der Waals surface area contributed by atoms with Crippen molar-refractivity contribution in [3.05, 3.63) is 48.2 Å². The number of carbonyl (C=O) groups excluding carboxylic acids is 1. The van der Waals surface area contributed by atoms with Crippen molar-refractivity contribution >= 4 is 39.8 Å². The quantitative estimate of drug-likeness (QED) is 0.492. The molecule has 0 radical (unpaired) electrons. The van der Waals surface area contributed by atoms with Gasteiger partial charge in [0.1, 0.15) is 23.6 Å². The lowest BCUT2D eigenvalue weighted by atomic mass is 10.0. The maximum Gasteiger partial charge on any atom is 0.318 e. The third-order valence-corrected chi connectivity index (χ3v) is 6.80. The highest BCUT2D eigenvalue weighted by Gasteiger charge is 2.23. The van der Waals surface area contributed by atoms with Gasteiger partial charge in [-0.25, -0.2) is 19.2 Å². The summed E-state index contributed by atoms with van der Waals surface area (Å²) in [6.07, 6.45) is 4.34. The molecule has 0 aliphatic carbocycles. The third-order valence-electron chi connectivity index (χ3n) is 6.80. The summed E-state index contributed by atoms with van der Waals surface area (Å²) in [5.74, 6) is 0.437. The number of piperazine rings is 1. The Morgan fingerprint density at radius 3 is 2.57 bits per heavy atom. The van der Waals surface area contributed by atoms with Crippen LogP contribution in [0.15, 0.2) is 36.7 Å². The number of amides is 2. The Balaban J connectivity index is 1.34. The van der Waals surface area contributed by atoms with E-state index in [4.69, 9.17) is 0 Å². The van der Waals surface area contributed by atoms with Crippen molar-refractivity contribution in [3.63, 3.8) is 0 Å². The summed E-state index contributed by atoms with van der Waals surface area (Å²) in [7, 11) is 2.08. The van der Waals surface area contributed by atoms with E-state index in [2.05, 4.69) is 48.5 Å². The molecular weight excluding hydrogens is 471 g/mol. The van der Waals surface area contributed by atoms with Gasteiger partial charge in [0.25, 0.3) is 0 Å². The van der Waals surface area contributed by atoms with Crippen molar-refractivity contribution in [1.29, 1.82) is 0 Å². The van der Waals surface area contributed by atoms with E-state index in [1.807, 2.05) is 37.8 Å². The molecule has 1 saturated heterocycles. The molecule has 2 amide bonds. The van der Waals surface area contributed by atoms with Crippen molar-refractivity contribution in [2.45, 2.75) is 32.7 Å². The molecule has 0 spiro atoms. The molecule has 2 aliphatic rings. The summed E-state index contributed by atoms with van der Waals surface area (Å²) < 4.78 is 14.7. The fraction of sp³-hybridized carbons (Fsp3) is 0.444. The lowest BCUT2D eigenvalue weighted by molar-refractivity contribution is 0.193. The predicted molar refractivity (Wildman–Crippen MR) is 146 cm³/mol. The molecule has 0 bridgehead atoms. The molecule has 196 valence electrons. The number of aromatic amines is 1. The van der Waals surface area contributed by atoms with Gasteiger partial charge in [-0.3, -0.25) is 0 Å². The van der Waals surface area contributed by atoms with Gasteiger partial charge in [0.15, 0.2) is 0 Å². The van der Waals surface area contributed by atoms with E-state index in [0.717, 1.165) is 60.6 Å². The smallest absolute Gasteiger partial charge is 0.318 e. The number of nitrogens with one attached hydrogen (secondary N) is 3. The van der Waals surface area contributed by atoms with Crippen LogP contribution >= 0.6 is 0 Å². The zero-order chi connectivity index (χ0) is 26.2. The summed E-state index contributed by atoms with van der Waals surface area (Å²) in [6.45, 7) is 10.5. The van der Waals surface area contributed by atoms with Crippen LogP contribution in [0.25, 0.3) is 16.6 Å². The van der Waals surface area contributed by atoms with Gasteiger partial charge in [-0.15, -0.1) is 0 Å². The number of urea groups is 1. The zero-order valence-electron chi connectivity index (χ0n) is 21.9. The van der Waals surface area contributed by atoms with E-state index < -0.39 is 0 Å². The van der Waals surface area contributed by atoms with Gasteiger partial charge >= 0.3 is 6.03 Å². The van der Waals surface area contributed by atoms with Gasteiger partial charge in [0.05, 0.1) is 11.1 Å². The van der Waals surface area contributed by atoms with Crippen molar-refractivity contribution in [1.82, 2.24) is 30.1 Å². The number of hydrogen-bond donors (Lipinski definition) is 3. The summed E-state index contributed by atoms with van der Waals surface area (Å²) in [6, 6.07) is 7.08. The molecule has 0 atom stereocenters. The van der Waals surface area contributed by atoms with Crippen molar-refractivity contribution in [3.8, 4) is 0 Å². The first-order valence-electron chi connectivity index (χ1n) is 12.8. The van der Waals surface area contributed by atoms with E-state index in [1.54, 1.807) is 6.07 Å². The number of aromatic nitrogens is 3. The van der Waals surface area contributed by atoms with Crippen molar-refractivity contribution in [2.24, 2.45) is 0 Å². The number of halogens is 1. The minimum atomic E-state index is -0.268. The lowest BCUT2D eigenvalue weighted by Gasteiger charge is -2.34. The predicted octanol–water partition coefficient (Wildman–Crippen LogP) is 4.19. The summed E-state index contributed by atoms with van der Waals surface area (Å²) >= 11 is 0. The van der Waals surface area contributed by atoms with Gasteiger partial charge in [-0.1, -0.05) is 6.08 Å². The second kappa shape index (κ2) is 10.0. The third kappa shape index (κ3) is 5.69. The largest absolute Gasteiger partial charge is 0.367 e. The average molecular weight is 507 g/mol. The topological polar surface area (TPSA) is 92.4 Å². The minimum Gasteiger partial charge on any atom is -0.367 e. The maximum atomic E-state index is 14.7. The standard InChI is InChI=1S/C27H35FN8O/c1-27(2,3)33-26(37)36-9-7-18(8-10-36)22-16-20-24(29-17-30-25(20)32-22)31-19-5-6-21(28)23(15-19)35-13-11-34(4)12-14-35/h5-7,15-17H,8-14H2,1-4H3,(H,33,37)(H2,29,30,31,32). The van der Waals surface area contributed by atoms with Gasteiger partial charge < -0.3 is 30.3 Å². The molecule has 4 heterocycles. The van der Waals surface area contributed by atoms with E-state index in [-0.39, 0.29) is 17.4 Å². The molecule has 9 nitrogen and oxygen atoms in total. The zero-order valence-corrected chi connectivity index (χ0v) is 21.9. The number of H-pyrrole nitrogens is 1. The van der Waals surface area contributed by atoms with Gasteiger partial charge in [0.2, 0.25) is 0 Å². The SMILES string of the molecule is CN1CCN(c2cc(Nc3ncnc4[nH]c(C5=CCN(C(=O)NC(C)(C)C)CC5)cc34)ccc2F)CC1. The number of carbonyl (C=O) groups is 1. The van der Waals surface area contributed by atoms with Crippen LogP contribution in [0.2, 0.25) is 0 Å². The maximum absolute atomic E-state index is 14.7. The molecule has 5 rings (SSSR count). The molecule has 10 heteroatoms. The molecular formula is C27H35FN8O. The van der Waals surface area contributed by atoms with Crippen LogP contribution in [0, 0.1) is 5.82 Å². The Kier molecular flexibility index (Phi) is 6.76. The van der Waals surface area contributed by atoms with Gasteiger partial charge in [0, 0.05) is 56.2 Å². The van der Waals surface area contributed by atoms with Gasteiger partial charge in [-0.05, 0) is 64.1 Å². The molecule has 3 aromatic rings. The van der Waals surface area contributed by atoms with E-state index in [1.165, 1.54) is 12.4 Å². The monoisotopic (exact) mass is 506 g/mol. The van der Waals surface area contributed by atoms with Gasteiger partial charge in [-0.2, -0.15) is 0 Å². The van der Waals surface area contributed by atoms with Crippen LogP contribution in [-0.4, -0.2) is 82.6 Å². The Bertz CT molecular complexity index is 1320. The second-order valence-electron chi connectivity index (χ2n) is 10.9. The van der Waals surface area contributed by atoms with Crippen LogP contribution in [0.5, 0.6) is 0 Å². The second-order valence-corrected chi connectivity index (χ2v) is 10.9. The van der Waals surface area contributed by atoms with Crippen LogP contribution in [-0.2, 0) is 0 Å². The molecule has 0 unspecified atom stereocenters. The number of hydrogen-bond acceptors (Lipinski definition) is 6. The summed E-state index contributed by atoms with van der Waals surface area (Å²) in [5.41, 5.74) is 3.94. The number of nitrogens with zero attached hydrogens (tertiary/aromatic N) is 5. The highest BCUT2D eigenvalue weighted by Crippen LogP contribution is 2.31. The fourth-order valence-electron chi connectivity index (χ4n) is 4.73. The Morgan fingerprint density at radius 1 is 1.08 bits per heavy atom. The molecule has 37 heavy (non-hydrogen) atoms. The van der Waals surface area contributed by atoms with Crippen molar-refractivity contribution < 1.29 is 9.18 Å². The number of rotatable bonds is 4. The fourth-order valence-corrected chi connectivity index (χ4v) is 4.73. The molecule has 1 aromatic carbocycles. The van der Waals surface area contributed by atoms with E-state index in [9.17, 15) is 9.18 Å². The Morgan fingerprint density at radius 2 is 1.86 bits per heavy atom. The lowest BCUT2D eigenvalue weighted by Crippen LogP contribution is -2.49. The van der Waals surface area contributed by atoms with Crippen LogP contribution < -0.4 is 15.5 Å². The van der Waals surface area contributed by atoms with Crippen LogP contribution in [0.3, 0.4) is 0 Å². The number of anilines is 3. The summed E-state index contributed by atoms with van der Waals surface area (Å²) in [4.78, 5) is 30.9. The van der Waals surface area contributed by atoms with E-state index in [0.29, 0.717) is 24.6 Å². The minimum absolute atomic E-state index is 0.0490. The first-order valence-corrected chi connectivity index (χ1v) is 12.8. The molecule has 1 fully saturated rings. The first-order chi connectivity index (χ1) is 17.7. The highest BCUT2D eigenvalue weighted by atomic mass is 19.1. The number of likely N-dealkylation sites (N-methyl/N-ethyl adjacent to an activating group) is 1. The van der Waals surface area contributed by atoms with Crippen molar-refractivity contribution in [2.75, 3.05) is 56.5 Å². The normalized spacial score (nSPS) is 17.2. The van der Waals surface area contributed by atoms with E-state index >= 15 is 0 Å². The summed E-state index contributed by atoms with van der Waals surface area (Å²) in [5, 5.41) is 7.25. The number of fused-ring (bicyclic) bond motifs is 1.